The van der Waals surface area contributed by atoms with Gasteiger partial charge in [0.05, 0.1) is 0 Å². The molecule has 0 aromatic heterocycles. The number of aliphatic carboxylic acids is 1. The van der Waals surface area contributed by atoms with Crippen molar-refractivity contribution in [2.24, 2.45) is 0 Å². The van der Waals surface area contributed by atoms with Crippen LogP contribution in [0.15, 0.2) is 24.3 Å². The summed E-state index contributed by atoms with van der Waals surface area (Å²) in [6.45, 7) is 1.23. The van der Waals surface area contributed by atoms with Gasteiger partial charge in [0.15, 0.2) is 0 Å². The third-order valence-corrected chi connectivity index (χ3v) is 3.22. The Morgan fingerprint density at radius 1 is 1.14 bits per heavy atom. The van der Waals surface area contributed by atoms with Crippen LogP contribution in [0.1, 0.15) is 12.0 Å². The van der Waals surface area contributed by atoms with E-state index in [0.717, 1.165) is 5.69 Å². The molecule has 0 aliphatic rings. The molecule has 0 aliphatic heterocycles. The Labute approximate surface area is 132 Å². The van der Waals surface area contributed by atoms with Crippen LogP contribution in [-0.2, 0) is 11.2 Å². The van der Waals surface area contributed by atoms with Gasteiger partial charge in [-0.15, -0.1) is 23.2 Å². The van der Waals surface area contributed by atoms with Crippen molar-refractivity contribution < 1.29 is 18.7 Å². The number of carboxylic acids is 1. The van der Waals surface area contributed by atoms with Crippen molar-refractivity contribution in [2.45, 2.75) is 18.8 Å². The van der Waals surface area contributed by atoms with E-state index in [2.05, 4.69) is 0 Å². The minimum atomic E-state index is -3.25. The lowest BCUT2D eigenvalue weighted by molar-refractivity contribution is -0.144. The maximum Gasteiger partial charge on any atom is 0.309 e. The molecule has 0 unspecified atom stereocenters. The van der Waals surface area contributed by atoms with Crippen molar-refractivity contribution in [3.63, 3.8) is 0 Å². The molecule has 0 saturated heterocycles. The second-order valence-electron chi connectivity index (χ2n) is 4.63. The molecule has 7 heteroatoms. The number of hydrogen-bond donors (Lipinski definition) is 1. The van der Waals surface area contributed by atoms with Crippen LogP contribution in [0.5, 0.6) is 0 Å². The van der Waals surface area contributed by atoms with Crippen LogP contribution in [0.2, 0.25) is 0 Å². The molecular formula is C14H17Cl2F2NO2. The van der Waals surface area contributed by atoms with Gasteiger partial charge < -0.3 is 10.0 Å². The number of benzene rings is 1. The van der Waals surface area contributed by atoms with Crippen molar-refractivity contribution in [2.75, 3.05) is 29.7 Å². The van der Waals surface area contributed by atoms with Crippen molar-refractivity contribution >= 4 is 34.9 Å². The van der Waals surface area contributed by atoms with Crippen LogP contribution < -0.4 is 4.90 Å². The standard InChI is InChI=1S/C14H17Cl2F2NO2/c15-5-7-19(8-6-16)12-3-1-11(2-4-12)9-14(17,18)10-13(20)21/h1-4H,5-10H2,(H,20,21). The lowest BCUT2D eigenvalue weighted by Gasteiger charge is -2.23. The summed E-state index contributed by atoms with van der Waals surface area (Å²) in [6, 6.07) is 6.57. The van der Waals surface area contributed by atoms with Crippen LogP contribution >= 0.6 is 23.2 Å². The molecule has 1 aromatic carbocycles. The highest BCUT2D eigenvalue weighted by Crippen LogP contribution is 2.25. The average molecular weight is 340 g/mol. The third-order valence-electron chi connectivity index (χ3n) is 2.88. The Hall–Kier alpha value is -1.07. The smallest absolute Gasteiger partial charge is 0.309 e. The number of rotatable bonds is 9. The molecule has 0 saturated carbocycles. The lowest BCUT2D eigenvalue weighted by Crippen LogP contribution is -2.27. The fourth-order valence-corrected chi connectivity index (χ4v) is 2.39. The number of hydrogen-bond acceptors (Lipinski definition) is 2. The summed E-state index contributed by atoms with van der Waals surface area (Å²) < 4.78 is 26.9. The first kappa shape index (κ1) is 18.0. The second kappa shape index (κ2) is 8.39. The molecule has 0 heterocycles. The van der Waals surface area contributed by atoms with Crippen molar-refractivity contribution in [3.05, 3.63) is 29.8 Å². The fraction of sp³-hybridized carbons (Fsp3) is 0.500. The van der Waals surface area contributed by atoms with Gasteiger partial charge in [0, 0.05) is 37.0 Å². The Kier molecular flexibility index (Phi) is 7.18. The largest absolute Gasteiger partial charge is 0.481 e. The number of anilines is 1. The van der Waals surface area contributed by atoms with E-state index in [1.807, 2.05) is 4.90 Å². The predicted molar refractivity (Wildman–Crippen MR) is 81.0 cm³/mol. The Balaban J connectivity index is 2.74. The van der Waals surface area contributed by atoms with Crippen LogP contribution in [0.4, 0.5) is 14.5 Å². The summed E-state index contributed by atoms with van der Waals surface area (Å²) in [6.07, 6.45) is -1.76. The molecule has 118 valence electrons. The number of alkyl halides is 4. The molecule has 0 bridgehead atoms. The molecule has 3 nitrogen and oxygen atoms in total. The zero-order valence-corrected chi connectivity index (χ0v) is 12.9. The van der Waals surface area contributed by atoms with E-state index in [1.165, 1.54) is 0 Å². The average Bonchev–Trinajstić information content (AvgIpc) is 2.37. The van der Waals surface area contributed by atoms with E-state index < -0.39 is 24.7 Å². The van der Waals surface area contributed by atoms with Crippen molar-refractivity contribution in [3.8, 4) is 0 Å². The molecule has 21 heavy (non-hydrogen) atoms. The van der Waals surface area contributed by atoms with E-state index in [0.29, 0.717) is 30.4 Å². The third kappa shape index (κ3) is 6.48. The lowest BCUT2D eigenvalue weighted by atomic mass is 10.0. The van der Waals surface area contributed by atoms with Gasteiger partial charge in [0.2, 0.25) is 0 Å². The maximum atomic E-state index is 13.4. The van der Waals surface area contributed by atoms with Crippen molar-refractivity contribution in [1.29, 1.82) is 0 Å². The van der Waals surface area contributed by atoms with Gasteiger partial charge in [0.25, 0.3) is 5.92 Å². The summed E-state index contributed by atoms with van der Waals surface area (Å²) in [4.78, 5) is 12.3. The summed E-state index contributed by atoms with van der Waals surface area (Å²) in [5.74, 6) is -3.88. The molecule has 1 N–H and O–H groups in total. The molecule has 1 aromatic rings. The van der Waals surface area contributed by atoms with E-state index in [4.69, 9.17) is 28.3 Å². The molecule has 0 atom stereocenters. The zero-order valence-electron chi connectivity index (χ0n) is 11.4. The Morgan fingerprint density at radius 2 is 1.67 bits per heavy atom. The minimum Gasteiger partial charge on any atom is -0.481 e. The van der Waals surface area contributed by atoms with E-state index in [1.54, 1.807) is 24.3 Å². The first-order valence-corrected chi connectivity index (χ1v) is 7.50. The second-order valence-corrected chi connectivity index (χ2v) is 5.39. The van der Waals surface area contributed by atoms with E-state index in [-0.39, 0.29) is 0 Å². The molecule has 0 fully saturated rings. The maximum absolute atomic E-state index is 13.4. The normalized spacial score (nSPS) is 11.4. The Morgan fingerprint density at radius 3 is 2.10 bits per heavy atom. The van der Waals surface area contributed by atoms with Gasteiger partial charge in [-0.05, 0) is 17.7 Å². The predicted octanol–water partition coefficient (Wildman–Crippen LogP) is 3.62. The van der Waals surface area contributed by atoms with Gasteiger partial charge in [-0.1, -0.05) is 12.1 Å². The number of halogens is 4. The minimum absolute atomic E-state index is 0.390. The topological polar surface area (TPSA) is 40.5 Å². The molecule has 0 aliphatic carbocycles. The highest BCUT2D eigenvalue weighted by molar-refractivity contribution is 6.18. The number of carboxylic acid groups (broad SMARTS) is 1. The number of carbonyl (C=O) groups is 1. The number of nitrogens with zero attached hydrogens (tertiary/aromatic N) is 1. The highest BCUT2D eigenvalue weighted by Gasteiger charge is 2.32. The van der Waals surface area contributed by atoms with Gasteiger partial charge in [-0.3, -0.25) is 4.79 Å². The SMILES string of the molecule is O=C(O)CC(F)(F)Cc1ccc(N(CCCl)CCCl)cc1. The highest BCUT2D eigenvalue weighted by atomic mass is 35.5. The summed E-state index contributed by atoms with van der Waals surface area (Å²) >= 11 is 11.4. The summed E-state index contributed by atoms with van der Waals surface area (Å²) in [5, 5.41) is 8.45. The molecule has 1 rings (SSSR count). The monoisotopic (exact) mass is 339 g/mol. The molecule has 0 spiro atoms. The molecular weight excluding hydrogens is 323 g/mol. The fourth-order valence-electron chi connectivity index (χ4n) is 1.98. The van der Waals surface area contributed by atoms with Crippen LogP contribution in [0.25, 0.3) is 0 Å². The van der Waals surface area contributed by atoms with Crippen LogP contribution in [-0.4, -0.2) is 41.8 Å². The molecule has 0 amide bonds. The first-order valence-electron chi connectivity index (χ1n) is 6.43. The zero-order chi connectivity index (χ0) is 15.9. The van der Waals surface area contributed by atoms with Crippen LogP contribution in [0, 0.1) is 0 Å². The molecule has 0 radical (unpaired) electrons. The van der Waals surface area contributed by atoms with Crippen molar-refractivity contribution in [1.82, 2.24) is 0 Å². The van der Waals surface area contributed by atoms with Crippen LogP contribution in [0.3, 0.4) is 0 Å². The summed E-state index contributed by atoms with van der Waals surface area (Å²) in [7, 11) is 0. The quantitative estimate of drug-likeness (QED) is 0.698. The van der Waals surface area contributed by atoms with E-state index in [9.17, 15) is 13.6 Å². The van der Waals surface area contributed by atoms with Gasteiger partial charge in [-0.2, -0.15) is 0 Å². The summed E-state index contributed by atoms with van der Waals surface area (Å²) in [5.41, 5.74) is 1.24. The van der Waals surface area contributed by atoms with Gasteiger partial charge >= 0.3 is 5.97 Å². The first-order chi connectivity index (χ1) is 9.88. The Bertz CT molecular complexity index is 449. The van der Waals surface area contributed by atoms with Gasteiger partial charge in [0.1, 0.15) is 6.42 Å². The van der Waals surface area contributed by atoms with Gasteiger partial charge in [-0.25, -0.2) is 8.78 Å². The van der Waals surface area contributed by atoms with E-state index >= 15 is 0 Å².